The number of hydrogen-bond acceptors (Lipinski definition) is 2. The molecule has 0 aliphatic heterocycles. The molecule has 0 aromatic rings. The summed E-state index contributed by atoms with van der Waals surface area (Å²) in [5.74, 6) is -41.9. The Hall–Kier alpha value is -1.12. The van der Waals surface area contributed by atoms with Crippen LogP contribution in [-0.4, -0.2) is 46.1 Å². The first-order valence-electron chi connectivity index (χ1n) is 4.38. The van der Waals surface area contributed by atoms with Crippen LogP contribution in [0.2, 0.25) is 0 Å². The van der Waals surface area contributed by atoms with Gasteiger partial charge in [-0.3, -0.25) is 0 Å². The molecule has 0 heterocycles. The topological polar surface area (TPSA) is 72.3 Å². The van der Waals surface area contributed by atoms with Crippen LogP contribution in [0.1, 0.15) is 0 Å². The molecule has 0 rings (SSSR count). The summed E-state index contributed by atoms with van der Waals surface area (Å²) in [6, 6.07) is 0. The molecule has 16 heteroatoms. The molecular formula is C7H4ClF12NO2. The lowest BCUT2D eigenvalue weighted by Crippen LogP contribution is -2.71. The second kappa shape index (κ2) is 5.75. The van der Waals surface area contributed by atoms with Gasteiger partial charge in [-0.1, -0.05) is 0 Å². The first-order chi connectivity index (χ1) is 9.19. The van der Waals surface area contributed by atoms with Crippen LogP contribution in [0.5, 0.6) is 0 Å². The van der Waals surface area contributed by atoms with Crippen molar-refractivity contribution in [1.29, 1.82) is 0 Å². The monoisotopic (exact) mass is 397 g/mol. The van der Waals surface area contributed by atoms with E-state index in [1.807, 2.05) is 0 Å². The van der Waals surface area contributed by atoms with E-state index in [0.717, 1.165) is 0 Å². The van der Waals surface area contributed by atoms with E-state index in [1.165, 1.54) is 0 Å². The van der Waals surface area contributed by atoms with Crippen LogP contribution >= 0.6 is 11.6 Å². The second-order valence-electron chi connectivity index (χ2n) is 3.67. The Morgan fingerprint density at radius 3 is 1.13 bits per heavy atom. The summed E-state index contributed by atoms with van der Waals surface area (Å²) in [7, 11) is 0. The molecule has 4 N–H and O–H groups in total. The van der Waals surface area contributed by atoms with Crippen molar-refractivity contribution in [2.45, 2.75) is 35.0 Å². The largest absolute Gasteiger partial charge is 0.477 e. The molecule has 0 unspecified atom stereocenters. The van der Waals surface area contributed by atoms with Crippen LogP contribution in [0.3, 0.4) is 0 Å². The van der Waals surface area contributed by atoms with E-state index >= 15 is 0 Å². The minimum Gasteiger partial charge on any atom is -0.477 e. The molecular weight excluding hydrogens is 394 g/mol. The van der Waals surface area contributed by atoms with Gasteiger partial charge in [-0.05, 0) is 11.6 Å². The zero-order chi connectivity index (χ0) is 18.6. The summed E-state index contributed by atoms with van der Waals surface area (Å²) >= 11 is 3.40. The molecule has 0 radical (unpaired) electrons. The smallest absolute Gasteiger partial charge is 0.410 e. The number of halogens is 13. The van der Waals surface area contributed by atoms with Gasteiger partial charge in [0.25, 0.3) is 0 Å². The number of rotatable bonds is 6. The summed E-state index contributed by atoms with van der Waals surface area (Å²) in [5, 5.41) is 1.05. The van der Waals surface area contributed by atoms with Gasteiger partial charge >= 0.3 is 41.0 Å². The summed E-state index contributed by atoms with van der Waals surface area (Å²) in [6.07, 6.45) is 0. The van der Waals surface area contributed by atoms with Gasteiger partial charge in [0.2, 0.25) is 0 Å². The SMILES string of the molecule is N.O=C(O)C(F)(F)C(F)(F)C(F)(F)C(F)(F)C(F)(F)C(F)(F)Cl. The lowest BCUT2D eigenvalue weighted by atomic mass is 9.94. The normalized spacial score (nSPS) is 15.2. The molecule has 0 bridgehead atoms. The molecule has 0 saturated heterocycles. The minimum atomic E-state index is -7.91. The molecule has 140 valence electrons. The van der Waals surface area contributed by atoms with E-state index in [2.05, 4.69) is 11.6 Å². The third-order valence-corrected chi connectivity index (χ3v) is 2.44. The van der Waals surface area contributed by atoms with Gasteiger partial charge in [0.1, 0.15) is 0 Å². The molecule has 0 aliphatic rings. The third kappa shape index (κ3) is 2.99. The van der Waals surface area contributed by atoms with E-state index in [1.54, 1.807) is 0 Å². The van der Waals surface area contributed by atoms with Gasteiger partial charge in [0, 0.05) is 0 Å². The Morgan fingerprint density at radius 2 is 0.913 bits per heavy atom. The van der Waals surface area contributed by atoms with Crippen molar-refractivity contribution >= 4 is 17.6 Å². The number of carboxylic acid groups (broad SMARTS) is 1. The van der Waals surface area contributed by atoms with Crippen molar-refractivity contribution in [3.63, 3.8) is 0 Å². The van der Waals surface area contributed by atoms with Crippen molar-refractivity contribution in [3.05, 3.63) is 0 Å². The lowest BCUT2D eigenvalue weighted by molar-refractivity contribution is -0.412. The Morgan fingerprint density at radius 1 is 0.652 bits per heavy atom. The van der Waals surface area contributed by atoms with Gasteiger partial charge in [-0.25, -0.2) is 4.79 Å². The number of carboxylic acids is 1. The highest BCUT2D eigenvalue weighted by Crippen LogP contribution is 2.60. The molecule has 0 fully saturated rings. The van der Waals surface area contributed by atoms with Crippen LogP contribution in [0.15, 0.2) is 0 Å². The number of aliphatic carboxylic acids is 1. The van der Waals surface area contributed by atoms with E-state index in [4.69, 9.17) is 5.11 Å². The highest BCUT2D eigenvalue weighted by Gasteiger charge is 2.91. The molecule has 0 amide bonds. The second-order valence-corrected chi connectivity index (χ2v) is 4.15. The highest BCUT2D eigenvalue weighted by atomic mass is 35.5. The minimum absolute atomic E-state index is 0. The maximum atomic E-state index is 12.7. The summed E-state index contributed by atoms with van der Waals surface area (Å²) < 4.78 is 150. The van der Waals surface area contributed by atoms with Gasteiger partial charge in [0.05, 0.1) is 0 Å². The van der Waals surface area contributed by atoms with Gasteiger partial charge in [-0.2, -0.15) is 52.7 Å². The summed E-state index contributed by atoms with van der Waals surface area (Å²) in [6.45, 7) is 0. The molecule has 0 aromatic heterocycles. The zero-order valence-corrected chi connectivity index (χ0v) is 10.7. The van der Waals surface area contributed by atoms with Crippen LogP contribution in [0.4, 0.5) is 52.7 Å². The Labute approximate surface area is 122 Å². The molecule has 23 heavy (non-hydrogen) atoms. The van der Waals surface area contributed by atoms with Crippen LogP contribution < -0.4 is 6.15 Å². The number of carbonyl (C=O) groups is 1. The van der Waals surface area contributed by atoms with Crippen molar-refractivity contribution in [2.24, 2.45) is 0 Å². The predicted octanol–water partition coefficient (Wildman–Crippen LogP) is 4.24. The molecule has 0 aromatic carbocycles. The van der Waals surface area contributed by atoms with E-state index in [9.17, 15) is 57.5 Å². The number of alkyl halides is 13. The number of hydrogen-bond donors (Lipinski definition) is 2. The Bertz CT molecular complexity index is 459. The molecule has 3 nitrogen and oxygen atoms in total. The average molecular weight is 398 g/mol. The highest BCUT2D eigenvalue weighted by molar-refractivity contribution is 6.22. The zero-order valence-electron chi connectivity index (χ0n) is 9.98. The molecule has 0 atom stereocenters. The van der Waals surface area contributed by atoms with E-state index in [-0.39, 0.29) is 6.15 Å². The molecule has 0 saturated carbocycles. The molecule has 0 aliphatic carbocycles. The maximum absolute atomic E-state index is 12.7. The van der Waals surface area contributed by atoms with Crippen LogP contribution in [0.25, 0.3) is 0 Å². The van der Waals surface area contributed by atoms with Gasteiger partial charge in [0.15, 0.2) is 0 Å². The fourth-order valence-electron chi connectivity index (χ4n) is 0.904. The average Bonchev–Trinajstić information content (AvgIpc) is 2.25. The summed E-state index contributed by atoms with van der Waals surface area (Å²) in [4.78, 5) is 9.72. The standard InChI is InChI=1S/C7HClF12O2.H3N/c8-7(19,20)6(17,18)5(15,16)4(13,14)3(11,12)2(9,10)1(21)22;/h(H,21,22);1H3. The predicted molar refractivity (Wildman–Crippen MR) is 48.2 cm³/mol. The maximum Gasteiger partial charge on any atom is 0.410 e. The first kappa shape index (κ1) is 24.1. The quantitative estimate of drug-likeness (QED) is 0.520. The van der Waals surface area contributed by atoms with Gasteiger partial charge < -0.3 is 11.3 Å². The molecule has 0 spiro atoms. The third-order valence-electron chi connectivity index (χ3n) is 2.20. The Kier molecular flexibility index (Phi) is 6.04. The van der Waals surface area contributed by atoms with Crippen molar-refractivity contribution in [3.8, 4) is 0 Å². The fourth-order valence-corrected chi connectivity index (χ4v) is 1.02. The van der Waals surface area contributed by atoms with Crippen LogP contribution in [-0.2, 0) is 4.79 Å². The lowest BCUT2D eigenvalue weighted by Gasteiger charge is -2.39. The van der Waals surface area contributed by atoms with Crippen molar-refractivity contribution in [1.82, 2.24) is 6.15 Å². The first-order valence-corrected chi connectivity index (χ1v) is 4.76. The van der Waals surface area contributed by atoms with Gasteiger partial charge in [-0.15, -0.1) is 0 Å². The van der Waals surface area contributed by atoms with Crippen molar-refractivity contribution in [2.75, 3.05) is 0 Å². The van der Waals surface area contributed by atoms with Crippen LogP contribution in [0, 0.1) is 0 Å². The van der Waals surface area contributed by atoms with Crippen molar-refractivity contribution < 1.29 is 62.6 Å². The Balaban J connectivity index is 0. The summed E-state index contributed by atoms with van der Waals surface area (Å²) in [5.41, 5.74) is 0. The van der Waals surface area contributed by atoms with E-state index in [0.29, 0.717) is 0 Å². The van der Waals surface area contributed by atoms with E-state index < -0.39 is 41.0 Å². The fraction of sp³-hybridized carbons (Fsp3) is 0.857.